The SMILES string of the molecule is CC[C@H]1OC(n2cc(-c3ccccc3C=O)c3c(N)ncnc32)[C@](C)(O)[C@@H]1O. The van der Waals surface area contributed by atoms with E-state index < -0.39 is 24.0 Å². The molecule has 4 N–H and O–H groups in total. The van der Waals surface area contributed by atoms with Crippen LogP contribution in [0.25, 0.3) is 22.2 Å². The van der Waals surface area contributed by atoms with Gasteiger partial charge in [-0.2, -0.15) is 0 Å². The van der Waals surface area contributed by atoms with Crippen LogP contribution in [0.2, 0.25) is 0 Å². The second-order valence-electron chi connectivity index (χ2n) is 7.22. The highest BCUT2D eigenvalue weighted by Gasteiger charge is 2.52. The second kappa shape index (κ2) is 6.66. The zero-order valence-electron chi connectivity index (χ0n) is 15.6. The van der Waals surface area contributed by atoms with Crippen molar-refractivity contribution in [2.45, 2.75) is 44.3 Å². The van der Waals surface area contributed by atoms with Crippen LogP contribution in [0.1, 0.15) is 36.9 Å². The number of hydrogen-bond donors (Lipinski definition) is 3. The van der Waals surface area contributed by atoms with Crippen LogP contribution in [-0.2, 0) is 4.74 Å². The highest BCUT2D eigenvalue weighted by molar-refractivity contribution is 6.03. The highest BCUT2D eigenvalue weighted by atomic mass is 16.6. The maximum absolute atomic E-state index is 11.5. The fraction of sp³-hybridized carbons (Fsp3) is 0.350. The summed E-state index contributed by atoms with van der Waals surface area (Å²) >= 11 is 0. The second-order valence-corrected chi connectivity index (χ2v) is 7.22. The van der Waals surface area contributed by atoms with E-state index in [9.17, 15) is 15.0 Å². The van der Waals surface area contributed by atoms with Gasteiger partial charge in [0.25, 0.3) is 0 Å². The standard InChI is InChI=1S/C20H22N4O4/c1-3-14-16(26)20(2,27)19(28-14)24-8-13(12-7-5-4-6-11(12)9-25)15-17(21)22-10-23-18(15)24/h4-10,14,16,19,26-27H,3H2,1-2H3,(H2,21,22,23)/t14-,16-,19?,20-/m1/s1. The molecule has 1 aromatic carbocycles. The van der Waals surface area contributed by atoms with Gasteiger partial charge in [-0.1, -0.05) is 31.2 Å². The molecule has 8 heteroatoms. The molecular formula is C20H22N4O4. The van der Waals surface area contributed by atoms with Gasteiger partial charge in [-0.05, 0) is 18.9 Å². The maximum Gasteiger partial charge on any atom is 0.166 e. The van der Waals surface area contributed by atoms with Crippen LogP contribution < -0.4 is 5.73 Å². The Morgan fingerprint density at radius 2 is 2.07 bits per heavy atom. The van der Waals surface area contributed by atoms with E-state index in [0.717, 1.165) is 6.29 Å². The number of aliphatic hydroxyl groups is 2. The molecule has 0 bridgehead atoms. The number of nitrogen functional groups attached to an aromatic ring is 1. The van der Waals surface area contributed by atoms with Gasteiger partial charge in [-0.3, -0.25) is 4.79 Å². The van der Waals surface area contributed by atoms with Crippen molar-refractivity contribution < 1.29 is 19.7 Å². The van der Waals surface area contributed by atoms with Crippen LogP contribution in [0.4, 0.5) is 5.82 Å². The summed E-state index contributed by atoms with van der Waals surface area (Å²) in [4.78, 5) is 20.0. The van der Waals surface area contributed by atoms with Gasteiger partial charge in [0, 0.05) is 17.3 Å². The molecule has 1 aliphatic rings. The Morgan fingerprint density at radius 1 is 1.32 bits per heavy atom. The average molecular weight is 382 g/mol. The Morgan fingerprint density at radius 3 is 2.75 bits per heavy atom. The number of nitrogens with two attached hydrogens (primary N) is 1. The zero-order chi connectivity index (χ0) is 20.1. The number of carbonyl (C=O) groups is 1. The molecule has 1 saturated heterocycles. The molecule has 4 rings (SSSR count). The quantitative estimate of drug-likeness (QED) is 0.589. The molecule has 1 unspecified atom stereocenters. The minimum Gasteiger partial charge on any atom is -0.387 e. The van der Waals surface area contributed by atoms with E-state index >= 15 is 0 Å². The minimum atomic E-state index is -1.53. The van der Waals surface area contributed by atoms with Crippen molar-refractivity contribution >= 4 is 23.1 Å². The fourth-order valence-electron chi connectivity index (χ4n) is 3.90. The molecule has 0 spiro atoms. The van der Waals surface area contributed by atoms with Crippen LogP contribution in [0.5, 0.6) is 0 Å². The van der Waals surface area contributed by atoms with Crippen molar-refractivity contribution in [2.24, 2.45) is 0 Å². The number of anilines is 1. The lowest BCUT2D eigenvalue weighted by Crippen LogP contribution is -2.43. The number of aliphatic hydroxyl groups excluding tert-OH is 1. The molecule has 0 saturated carbocycles. The third-order valence-corrected chi connectivity index (χ3v) is 5.43. The normalized spacial score (nSPS) is 27.4. The van der Waals surface area contributed by atoms with Gasteiger partial charge in [0.05, 0.1) is 11.5 Å². The molecule has 4 atom stereocenters. The molecule has 28 heavy (non-hydrogen) atoms. The van der Waals surface area contributed by atoms with Gasteiger partial charge in [0.15, 0.2) is 12.5 Å². The molecule has 0 amide bonds. The number of fused-ring (bicyclic) bond motifs is 1. The number of ether oxygens (including phenoxy) is 1. The Balaban J connectivity index is 1.97. The van der Waals surface area contributed by atoms with E-state index in [-0.39, 0.29) is 5.82 Å². The Hall–Kier alpha value is -2.81. The third-order valence-electron chi connectivity index (χ3n) is 5.43. The van der Waals surface area contributed by atoms with Gasteiger partial charge >= 0.3 is 0 Å². The Kier molecular flexibility index (Phi) is 4.41. The maximum atomic E-state index is 11.5. The van der Waals surface area contributed by atoms with Crippen LogP contribution in [0.3, 0.4) is 0 Å². The smallest absolute Gasteiger partial charge is 0.166 e. The third kappa shape index (κ3) is 2.61. The lowest BCUT2D eigenvalue weighted by molar-refractivity contribution is -0.0937. The van der Waals surface area contributed by atoms with Crippen LogP contribution in [-0.4, -0.2) is 48.8 Å². The molecule has 0 aliphatic carbocycles. The van der Waals surface area contributed by atoms with Gasteiger partial charge in [-0.15, -0.1) is 0 Å². The predicted octanol–water partition coefficient (Wildman–Crippen LogP) is 1.91. The van der Waals surface area contributed by atoms with E-state index in [1.165, 1.54) is 13.3 Å². The van der Waals surface area contributed by atoms with Crippen molar-refractivity contribution in [1.29, 1.82) is 0 Å². The number of aldehydes is 1. The summed E-state index contributed by atoms with van der Waals surface area (Å²) in [6.07, 6.45) is 1.96. The van der Waals surface area contributed by atoms with Crippen LogP contribution in [0.15, 0.2) is 36.8 Å². The van der Waals surface area contributed by atoms with Crippen LogP contribution >= 0.6 is 0 Å². The molecule has 3 aromatic rings. The fourth-order valence-corrected chi connectivity index (χ4v) is 3.90. The van der Waals surface area contributed by atoms with Crippen molar-refractivity contribution in [3.8, 4) is 11.1 Å². The minimum absolute atomic E-state index is 0.254. The predicted molar refractivity (Wildman–Crippen MR) is 104 cm³/mol. The molecule has 146 valence electrons. The summed E-state index contributed by atoms with van der Waals surface area (Å²) in [7, 11) is 0. The first-order valence-electron chi connectivity index (χ1n) is 9.11. The first-order valence-corrected chi connectivity index (χ1v) is 9.11. The summed E-state index contributed by atoms with van der Waals surface area (Å²) in [5.74, 6) is 0.254. The van der Waals surface area contributed by atoms with E-state index in [2.05, 4.69) is 9.97 Å². The van der Waals surface area contributed by atoms with Crippen molar-refractivity contribution in [2.75, 3.05) is 5.73 Å². The average Bonchev–Trinajstić information content (AvgIpc) is 3.18. The number of hydrogen-bond acceptors (Lipinski definition) is 7. The summed E-state index contributed by atoms with van der Waals surface area (Å²) < 4.78 is 7.63. The zero-order valence-corrected chi connectivity index (χ0v) is 15.6. The highest BCUT2D eigenvalue weighted by Crippen LogP contribution is 2.43. The first kappa shape index (κ1) is 18.5. The molecular weight excluding hydrogens is 360 g/mol. The van der Waals surface area contributed by atoms with Gasteiger partial charge in [-0.25, -0.2) is 9.97 Å². The van der Waals surface area contributed by atoms with Crippen LogP contribution in [0, 0.1) is 0 Å². The summed E-state index contributed by atoms with van der Waals surface area (Å²) in [5.41, 5.74) is 6.89. The summed E-state index contributed by atoms with van der Waals surface area (Å²) in [6, 6.07) is 7.13. The number of carbonyl (C=O) groups excluding carboxylic acids is 1. The van der Waals surface area contributed by atoms with Crippen molar-refractivity contribution in [3.63, 3.8) is 0 Å². The first-order chi connectivity index (χ1) is 13.4. The van der Waals surface area contributed by atoms with Gasteiger partial charge < -0.3 is 25.3 Å². The largest absolute Gasteiger partial charge is 0.387 e. The molecule has 3 heterocycles. The van der Waals surface area contributed by atoms with Crippen molar-refractivity contribution in [3.05, 3.63) is 42.4 Å². The van der Waals surface area contributed by atoms with E-state index in [1.54, 1.807) is 22.9 Å². The van der Waals surface area contributed by atoms with Crippen molar-refractivity contribution in [1.82, 2.24) is 14.5 Å². The number of nitrogens with zero attached hydrogens (tertiary/aromatic N) is 3. The molecule has 0 radical (unpaired) electrons. The lowest BCUT2D eigenvalue weighted by Gasteiger charge is -2.27. The Bertz CT molecular complexity index is 1050. The van der Waals surface area contributed by atoms with E-state index in [0.29, 0.717) is 34.1 Å². The number of aromatic nitrogens is 3. The molecule has 1 aliphatic heterocycles. The molecule has 2 aromatic heterocycles. The number of rotatable bonds is 4. The van der Waals surface area contributed by atoms with Gasteiger partial charge in [0.2, 0.25) is 0 Å². The summed E-state index contributed by atoms with van der Waals surface area (Å²) in [5, 5.41) is 22.0. The molecule has 1 fully saturated rings. The van der Waals surface area contributed by atoms with Gasteiger partial charge in [0.1, 0.15) is 29.5 Å². The monoisotopic (exact) mass is 382 g/mol. The summed E-state index contributed by atoms with van der Waals surface area (Å²) in [6.45, 7) is 3.42. The number of benzene rings is 1. The Labute approximate surface area is 161 Å². The van der Waals surface area contributed by atoms with E-state index in [1.807, 2.05) is 19.1 Å². The topological polar surface area (TPSA) is 123 Å². The van der Waals surface area contributed by atoms with E-state index in [4.69, 9.17) is 10.5 Å². The molecule has 8 nitrogen and oxygen atoms in total. The lowest BCUT2D eigenvalue weighted by atomic mass is 9.95.